The number of pyridine rings is 1. The molecule has 1 aromatic carbocycles. The Morgan fingerprint density at radius 1 is 1.03 bits per heavy atom. The van der Waals surface area contributed by atoms with Crippen molar-refractivity contribution in [3.05, 3.63) is 47.9 Å². The number of urea groups is 1. The number of carbonyl (C=O) groups excluding carboxylic acids is 1. The third kappa shape index (κ3) is 4.57. The second-order valence-corrected chi connectivity index (χ2v) is 7.84. The van der Waals surface area contributed by atoms with Crippen molar-refractivity contribution < 1.29 is 31.7 Å². The lowest BCUT2D eigenvalue weighted by Gasteiger charge is -2.32. The number of benzene rings is 1. The Balaban J connectivity index is 1.65. The molecule has 2 N–H and O–H groups in total. The molecule has 0 bridgehead atoms. The molecular formula is C19H20BF4N3O3. The predicted molar refractivity (Wildman–Crippen MR) is 104 cm³/mol. The second kappa shape index (κ2) is 7.55. The number of amides is 2. The molecule has 0 spiro atoms. The second-order valence-electron chi connectivity index (χ2n) is 7.84. The molecule has 0 saturated carbocycles. The molecule has 3 rings (SSSR count). The fraction of sp³-hybridized carbons (Fsp3) is 0.368. The molecule has 0 aliphatic carbocycles. The van der Waals surface area contributed by atoms with Crippen LogP contribution in [0.25, 0.3) is 0 Å². The summed E-state index contributed by atoms with van der Waals surface area (Å²) in [6.45, 7) is 7.67. The molecule has 2 aromatic rings. The quantitative estimate of drug-likeness (QED) is 0.572. The molecule has 1 aliphatic heterocycles. The number of carbonyl (C=O) groups is 1. The fourth-order valence-corrected chi connectivity index (χ4v) is 2.70. The zero-order chi connectivity index (χ0) is 22.3. The summed E-state index contributed by atoms with van der Waals surface area (Å²) in [5, 5.41) is 4.61. The van der Waals surface area contributed by atoms with Crippen molar-refractivity contribution in [2.24, 2.45) is 0 Å². The zero-order valence-corrected chi connectivity index (χ0v) is 16.7. The summed E-state index contributed by atoms with van der Waals surface area (Å²) in [5.41, 5.74) is -2.06. The maximum atomic E-state index is 13.3. The zero-order valence-electron chi connectivity index (χ0n) is 16.7. The van der Waals surface area contributed by atoms with Crippen LogP contribution in [0.2, 0.25) is 0 Å². The average Bonchev–Trinajstić information content (AvgIpc) is 2.84. The van der Waals surface area contributed by atoms with Gasteiger partial charge in [0, 0.05) is 17.3 Å². The van der Waals surface area contributed by atoms with Crippen LogP contribution >= 0.6 is 0 Å². The summed E-state index contributed by atoms with van der Waals surface area (Å²) >= 11 is 0. The van der Waals surface area contributed by atoms with Crippen molar-refractivity contribution in [2.75, 3.05) is 10.6 Å². The molecule has 2 amide bonds. The Morgan fingerprint density at radius 2 is 1.67 bits per heavy atom. The van der Waals surface area contributed by atoms with Crippen LogP contribution in [0.1, 0.15) is 33.3 Å². The number of rotatable bonds is 3. The van der Waals surface area contributed by atoms with E-state index in [4.69, 9.17) is 9.31 Å². The van der Waals surface area contributed by atoms with Crippen molar-refractivity contribution in [2.45, 2.75) is 45.1 Å². The van der Waals surface area contributed by atoms with Crippen molar-refractivity contribution >= 4 is 30.1 Å². The van der Waals surface area contributed by atoms with E-state index in [1.807, 2.05) is 27.7 Å². The van der Waals surface area contributed by atoms with Crippen LogP contribution in [-0.2, 0) is 15.5 Å². The molecule has 0 unspecified atom stereocenters. The maximum absolute atomic E-state index is 13.3. The number of anilines is 2. The molecule has 11 heteroatoms. The van der Waals surface area contributed by atoms with Crippen molar-refractivity contribution in [1.29, 1.82) is 0 Å². The van der Waals surface area contributed by atoms with Crippen LogP contribution < -0.4 is 16.1 Å². The summed E-state index contributed by atoms with van der Waals surface area (Å²) in [5.74, 6) is -1.26. The molecule has 1 fully saturated rings. The standard InChI is InChI=1S/C19H20BF4N3O3/c1-17(2)18(3,4)30-20(29-17)11-5-8-15(25-10-11)27-16(28)26-12-6-7-14(21)13(9-12)19(22,23)24/h5-10H,1-4H3,(H2,25,26,27,28). The highest BCUT2D eigenvalue weighted by Gasteiger charge is 2.51. The summed E-state index contributed by atoms with van der Waals surface area (Å²) in [6, 6.07) is 4.51. The molecule has 0 radical (unpaired) electrons. The Kier molecular flexibility index (Phi) is 5.55. The van der Waals surface area contributed by atoms with Gasteiger partial charge in [-0.2, -0.15) is 13.2 Å². The van der Waals surface area contributed by atoms with Gasteiger partial charge in [0.1, 0.15) is 11.6 Å². The third-order valence-corrected chi connectivity index (χ3v) is 5.08. The minimum absolute atomic E-state index is 0.158. The van der Waals surface area contributed by atoms with E-state index in [0.717, 1.165) is 6.07 Å². The van der Waals surface area contributed by atoms with Gasteiger partial charge in [0.25, 0.3) is 0 Å². The number of hydrogen-bond donors (Lipinski definition) is 2. The van der Waals surface area contributed by atoms with Crippen LogP contribution in [-0.4, -0.2) is 29.3 Å². The molecular weight excluding hydrogens is 405 g/mol. The highest BCUT2D eigenvalue weighted by molar-refractivity contribution is 6.62. The number of nitrogens with one attached hydrogen (secondary N) is 2. The first-order valence-electron chi connectivity index (χ1n) is 9.05. The molecule has 1 aromatic heterocycles. The van der Waals surface area contributed by atoms with Crippen LogP contribution in [0.3, 0.4) is 0 Å². The van der Waals surface area contributed by atoms with Gasteiger partial charge in [-0.15, -0.1) is 0 Å². The number of hydrogen-bond acceptors (Lipinski definition) is 4. The molecule has 30 heavy (non-hydrogen) atoms. The molecule has 1 saturated heterocycles. The molecule has 160 valence electrons. The molecule has 2 heterocycles. The first kappa shape index (κ1) is 22.0. The van der Waals surface area contributed by atoms with E-state index in [1.165, 1.54) is 12.3 Å². The van der Waals surface area contributed by atoms with Gasteiger partial charge in [0.15, 0.2) is 0 Å². The van der Waals surface area contributed by atoms with E-state index in [-0.39, 0.29) is 11.5 Å². The van der Waals surface area contributed by atoms with E-state index in [9.17, 15) is 22.4 Å². The number of halogens is 4. The fourth-order valence-electron chi connectivity index (χ4n) is 2.70. The van der Waals surface area contributed by atoms with Gasteiger partial charge >= 0.3 is 19.3 Å². The van der Waals surface area contributed by atoms with Gasteiger partial charge in [0.05, 0.1) is 16.8 Å². The lowest BCUT2D eigenvalue weighted by Crippen LogP contribution is -2.41. The highest BCUT2D eigenvalue weighted by atomic mass is 19.4. The molecule has 0 atom stereocenters. The van der Waals surface area contributed by atoms with Gasteiger partial charge in [0.2, 0.25) is 0 Å². The average molecular weight is 425 g/mol. The maximum Gasteiger partial charge on any atom is 0.496 e. The first-order valence-corrected chi connectivity index (χ1v) is 9.05. The Bertz CT molecular complexity index is 933. The van der Waals surface area contributed by atoms with E-state index < -0.39 is 41.9 Å². The first-order chi connectivity index (χ1) is 13.8. The van der Waals surface area contributed by atoms with Crippen molar-refractivity contribution in [1.82, 2.24) is 4.98 Å². The number of aromatic nitrogens is 1. The van der Waals surface area contributed by atoms with Crippen molar-refractivity contribution in [3.63, 3.8) is 0 Å². The van der Waals surface area contributed by atoms with E-state index >= 15 is 0 Å². The van der Waals surface area contributed by atoms with Gasteiger partial charge in [-0.25, -0.2) is 14.2 Å². The monoisotopic (exact) mass is 425 g/mol. The van der Waals surface area contributed by atoms with Gasteiger partial charge in [-0.3, -0.25) is 5.32 Å². The SMILES string of the molecule is CC1(C)OB(c2ccc(NC(=O)Nc3ccc(F)c(C(F)(F)F)c3)nc2)OC1(C)C. The lowest BCUT2D eigenvalue weighted by molar-refractivity contribution is -0.139. The van der Waals surface area contributed by atoms with Gasteiger partial charge in [-0.1, -0.05) is 6.07 Å². The third-order valence-electron chi connectivity index (χ3n) is 5.08. The molecule has 1 aliphatic rings. The normalized spacial score (nSPS) is 17.7. The van der Waals surface area contributed by atoms with Crippen molar-refractivity contribution in [3.8, 4) is 0 Å². The Morgan fingerprint density at radius 3 is 2.20 bits per heavy atom. The Labute approximate surface area is 171 Å². The highest BCUT2D eigenvalue weighted by Crippen LogP contribution is 2.36. The van der Waals surface area contributed by atoms with E-state index in [2.05, 4.69) is 15.6 Å². The minimum Gasteiger partial charge on any atom is -0.399 e. The summed E-state index contributed by atoms with van der Waals surface area (Å²) < 4.78 is 63.5. The van der Waals surface area contributed by atoms with Crippen LogP contribution in [0.5, 0.6) is 0 Å². The number of alkyl halides is 3. The summed E-state index contributed by atoms with van der Waals surface area (Å²) in [4.78, 5) is 16.2. The smallest absolute Gasteiger partial charge is 0.399 e. The molecule has 6 nitrogen and oxygen atoms in total. The summed E-state index contributed by atoms with van der Waals surface area (Å²) in [6.07, 6.45) is -3.40. The van der Waals surface area contributed by atoms with Crippen LogP contribution in [0, 0.1) is 5.82 Å². The number of nitrogens with zero attached hydrogens (tertiary/aromatic N) is 1. The van der Waals surface area contributed by atoms with E-state index in [0.29, 0.717) is 17.6 Å². The van der Waals surface area contributed by atoms with Crippen LogP contribution in [0.15, 0.2) is 36.5 Å². The minimum atomic E-state index is -4.87. The van der Waals surface area contributed by atoms with Gasteiger partial charge < -0.3 is 14.6 Å². The van der Waals surface area contributed by atoms with Gasteiger partial charge in [-0.05, 0) is 52.0 Å². The predicted octanol–water partition coefficient (Wildman–Crippen LogP) is 4.18. The lowest BCUT2D eigenvalue weighted by atomic mass is 9.80. The summed E-state index contributed by atoms with van der Waals surface area (Å²) in [7, 11) is -0.620. The largest absolute Gasteiger partial charge is 0.496 e. The van der Waals surface area contributed by atoms with Crippen LogP contribution in [0.4, 0.5) is 33.9 Å². The van der Waals surface area contributed by atoms with E-state index in [1.54, 1.807) is 6.07 Å². The Hall–Kier alpha value is -2.66. The topological polar surface area (TPSA) is 72.5 Å².